The van der Waals surface area contributed by atoms with Crippen molar-refractivity contribution < 1.29 is 14.6 Å². The molecule has 0 aliphatic heterocycles. The van der Waals surface area contributed by atoms with Crippen molar-refractivity contribution in [1.82, 2.24) is 0 Å². The number of nitrogens with two attached hydrogens (primary N) is 1. The van der Waals surface area contributed by atoms with Crippen LogP contribution in [0.1, 0.15) is 66.1 Å². The monoisotopic (exact) mass is 572 g/mol. The maximum absolute atomic E-state index is 10.8. The average Bonchev–Trinajstić information content (AvgIpc) is 2.96. The molecule has 0 atom stereocenters. The zero-order valence-corrected chi connectivity index (χ0v) is 25.0. The first kappa shape index (κ1) is 31.6. The number of allylic oxidation sites excluding steroid dienone is 4. The maximum atomic E-state index is 10.8. The third-order valence-corrected chi connectivity index (χ3v) is 6.99. The highest BCUT2D eigenvalue weighted by Crippen LogP contribution is 2.26. The molecule has 1 aliphatic rings. The molecule has 216 valence electrons. The number of carboxylic acid groups (broad SMARTS) is 1. The molecule has 4 N–H and O–H groups in total. The molecule has 1 saturated carbocycles. The quantitative estimate of drug-likeness (QED) is 0.176. The van der Waals surface area contributed by atoms with E-state index >= 15 is 0 Å². The Morgan fingerprint density at radius 2 is 1.63 bits per heavy atom. The van der Waals surface area contributed by atoms with Crippen LogP contribution in [0.2, 0.25) is 0 Å². The fraction of sp³-hybridized carbons (Fsp3) is 0.286. The number of aromatic carboxylic acids is 1. The van der Waals surface area contributed by atoms with E-state index in [1.165, 1.54) is 49.3 Å². The molecule has 0 spiro atoms. The molecule has 0 radical (unpaired) electrons. The highest BCUT2D eigenvalue weighted by atomic mass is 35.5. The molecule has 0 heterocycles. The highest BCUT2D eigenvalue weighted by molar-refractivity contribution is 6.31. The van der Waals surface area contributed by atoms with Crippen LogP contribution in [0, 0.1) is 13.8 Å². The Bertz CT molecular complexity index is 1350. The van der Waals surface area contributed by atoms with Gasteiger partial charge in [-0.15, -0.1) is 0 Å². The van der Waals surface area contributed by atoms with Crippen molar-refractivity contribution in [2.24, 2.45) is 0 Å². The number of nitrogen functional groups attached to an aromatic ring is 1. The average molecular weight is 573 g/mol. The molecule has 3 aromatic rings. The lowest BCUT2D eigenvalue weighted by molar-refractivity contribution is 0.0697. The minimum Gasteiger partial charge on any atom is -0.489 e. The molecule has 3 aromatic carbocycles. The summed E-state index contributed by atoms with van der Waals surface area (Å²) in [6, 6.07) is 21.7. The van der Waals surface area contributed by atoms with Crippen molar-refractivity contribution in [3.8, 4) is 5.75 Å². The normalized spacial score (nSPS) is 14.3. The minimum atomic E-state index is -0.944. The predicted molar refractivity (Wildman–Crippen MR) is 173 cm³/mol. The topological polar surface area (TPSA) is 84.6 Å². The standard InChI is InChI=1S/C22H23ClO.C13H18N2O2/c1-17-7-11-20(12-8-17)5-4-6-21(23)15-19(3)16-24-22-13-9-18(2)10-14-22;14-11-8-9(13(16)17)6-7-12(11)15-10-4-2-1-3-5-10/h4-15H,16H2,1-3H3;6-8,10,15H,1-5,14H2,(H,16,17)/b5-4+,19-15+,21-6+;. The summed E-state index contributed by atoms with van der Waals surface area (Å²) in [4.78, 5) is 10.8. The Balaban J connectivity index is 0.000000239. The first-order chi connectivity index (χ1) is 19.7. The van der Waals surface area contributed by atoms with Crippen molar-refractivity contribution in [3.05, 3.63) is 118 Å². The zero-order chi connectivity index (χ0) is 29.6. The number of carbonyl (C=O) groups is 1. The summed E-state index contributed by atoms with van der Waals surface area (Å²) in [6.45, 7) is 6.67. The van der Waals surface area contributed by atoms with Gasteiger partial charge in [0.25, 0.3) is 0 Å². The number of hydrogen-bond acceptors (Lipinski definition) is 4. The summed E-state index contributed by atoms with van der Waals surface area (Å²) in [6.07, 6.45) is 14.0. The summed E-state index contributed by atoms with van der Waals surface area (Å²) >= 11 is 6.25. The van der Waals surface area contributed by atoms with E-state index in [0.29, 0.717) is 23.4 Å². The van der Waals surface area contributed by atoms with E-state index in [4.69, 9.17) is 27.2 Å². The number of carboxylic acids is 1. The predicted octanol–water partition coefficient (Wildman–Crippen LogP) is 9.18. The minimum absolute atomic E-state index is 0.233. The van der Waals surface area contributed by atoms with Crippen molar-refractivity contribution in [1.29, 1.82) is 0 Å². The van der Waals surface area contributed by atoms with Gasteiger partial charge < -0.3 is 20.9 Å². The van der Waals surface area contributed by atoms with Gasteiger partial charge in [-0.1, -0.05) is 90.5 Å². The molecule has 0 amide bonds. The fourth-order valence-electron chi connectivity index (χ4n) is 4.38. The van der Waals surface area contributed by atoms with Crippen LogP contribution in [-0.2, 0) is 0 Å². The second-order valence-corrected chi connectivity index (χ2v) is 10.9. The number of anilines is 2. The van der Waals surface area contributed by atoms with Gasteiger partial charge in [-0.3, -0.25) is 0 Å². The van der Waals surface area contributed by atoms with Gasteiger partial charge >= 0.3 is 5.97 Å². The highest BCUT2D eigenvalue weighted by Gasteiger charge is 2.14. The van der Waals surface area contributed by atoms with Gasteiger partial charge in [-0.05, 0) is 87.2 Å². The summed E-state index contributed by atoms with van der Waals surface area (Å²) in [5.74, 6) is -0.0753. The van der Waals surface area contributed by atoms with E-state index in [-0.39, 0.29) is 5.56 Å². The van der Waals surface area contributed by atoms with Crippen LogP contribution in [0.3, 0.4) is 0 Å². The molecule has 5 nitrogen and oxygen atoms in total. The number of benzene rings is 3. The van der Waals surface area contributed by atoms with Crippen molar-refractivity contribution in [3.63, 3.8) is 0 Å². The van der Waals surface area contributed by atoms with Gasteiger partial charge in [0.05, 0.1) is 16.9 Å². The van der Waals surface area contributed by atoms with Gasteiger partial charge in [-0.2, -0.15) is 0 Å². The third kappa shape index (κ3) is 11.6. The molecule has 6 heteroatoms. The summed E-state index contributed by atoms with van der Waals surface area (Å²) in [5, 5.41) is 12.9. The number of hydrogen-bond donors (Lipinski definition) is 3. The van der Waals surface area contributed by atoms with Crippen LogP contribution in [0.5, 0.6) is 5.75 Å². The van der Waals surface area contributed by atoms with E-state index in [0.717, 1.165) is 22.6 Å². The first-order valence-corrected chi connectivity index (χ1v) is 14.4. The summed E-state index contributed by atoms with van der Waals surface area (Å²) < 4.78 is 5.74. The van der Waals surface area contributed by atoms with Gasteiger partial charge in [0.15, 0.2) is 0 Å². The number of halogens is 1. The first-order valence-electron chi connectivity index (χ1n) is 14.1. The molecular formula is C35H41ClN2O3. The molecule has 1 fully saturated rings. The Hall–Kier alpha value is -3.96. The molecular weight excluding hydrogens is 532 g/mol. The maximum Gasteiger partial charge on any atom is 0.335 e. The second-order valence-electron chi connectivity index (χ2n) is 10.5. The second kappa shape index (κ2) is 16.3. The van der Waals surface area contributed by atoms with Crippen LogP contribution in [0.15, 0.2) is 95.6 Å². The van der Waals surface area contributed by atoms with Crippen molar-refractivity contribution in [2.45, 2.75) is 58.9 Å². The number of nitrogens with one attached hydrogen (secondary N) is 1. The number of aryl methyl sites for hydroxylation is 2. The largest absolute Gasteiger partial charge is 0.489 e. The van der Waals surface area contributed by atoms with E-state index in [2.05, 4.69) is 43.4 Å². The molecule has 0 saturated heterocycles. The molecule has 1 aliphatic carbocycles. The Morgan fingerprint density at radius 1 is 1.00 bits per heavy atom. The van der Waals surface area contributed by atoms with E-state index in [1.807, 2.05) is 55.5 Å². The van der Waals surface area contributed by atoms with E-state index in [1.54, 1.807) is 12.1 Å². The zero-order valence-electron chi connectivity index (χ0n) is 24.2. The molecule has 41 heavy (non-hydrogen) atoms. The van der Waals surface area contributed by atoms with Crippen LogP contribution < -0.4 is 15.8 Å². The van der Waals surface area contributed by atoms with E-state index < -0.39 is 5.97 Å². The molecule has 4 rings (SSSR count). The van der Waals surface area contributed by atoms with Gasteiger partial charge in [-0.25, -0.2) is 4.79 Å². The van der Waals surface area contributed by atoms with Crippen LogP contribution in [0.25, 0.3) is 6.08 Å². The number of ether oxygens (including phenoxy) is 1. The molecule has 0 aromatic heterocycles. The summed E-state index contributed by atoms with van der Waals surface area (Å²) in [7, 11) is 0. The van der Waals surface area contributed by atoms with Crippen LogP contribution >= 0.6 is 11.6 Å². The lowest BCUT2D eigenvalue weighted by Crippen LogP contribution is -2.22. The Kier molecular flexibility index (Phi) is 12.6. The van der Waals surface area contributed by atoms with Crippen LogP contribution in [-0.4, -0.2) is 23.7 Å². The van der Waals surface area contributed by atoms with Crippen LogP contribution in [0.4, 0.5) is 11.4 Å². The molecule has 0 bridgehead atoms. The summed E-state index contributed by atoms with van der Waals surface area (Å²) in [5.41, 5.74) is 12.1. The number of rotatable bonds is 9. The van der Waals surface area contributed by atoms with Crippen molar-refractivity contribution >= 4 is 35.0 Å². The van der Waals surface area contributed by atoms with Gasteiger partial charge in [0.2, 0.25) is 0 Å². The Morgan fingerprint density at radius 3 is 2.24 bits per heavy atom. The van der Waals surface area contributed by atoms with Gasteiger partial charge in [0.1, 0.15) is 12.4 Å². The molecule has 0 unspecified atom stereocenters. The lowest BCUT2D eigenvalue weighted by Gasteiger charge is -2.24. The SMILES string of the molecule is C\C(=C/C(Cl)=C\C=C\c1ccc(C)cc1)COc1ccc(C)cc1.Nc1cc(C(=O)O)ccc1NC1CCCCC1. The van der Waals surface area contributed by atoms with Gasteiger partial charge in [0, 0.05) is 11.1 Å². The van der Waals surface area contributed by atoms with Crippen molar-refractivity contribution in [2.75, 3.05) is 17.7 Å². The lowest BCUT2D eigenvalue weighted by atomic mass is 9.95. The van der Waals surface area contributed by atoms with E-state index in [9.17, 15) is 4.79 Å². The fourth-order valence-corrected chi connectivity index (χ4v) is 4.64. The smallest absolute Gasteiger partial charge is 0.335 e. The Labute approximate surface area is 249 Å². The third-order valence-electron chi connectivity index (χ3n) is 6.76.